The molecular weight excluding hydrogens is 168 g/mol. The fraction of sp³-hybridized carbons (Fsp3) is 0.333. The Hall–Kier alpha value is -1.60. The first-order chi connectivity index (χ1) is 6.15. The molecule has 4 heteroatoms. The molecule has 0 aliphatic carbocycles. The van der Waals surface area contributed by atoms with Crippen LogP contribution in [-0.2, 0) is 0 Å². The van der Waals surface area contributed by atoms with Crippen molar-refractivity contribution in [2.45, 2.75) is 13.8 Å². The molecule has 0 unspecified atom stereocenters. The second-order valence-electron chi connectivity index (χ2n) is 2.60. The fourth-order valence-electron chi connectivity index (χ4n) is 0.899. The number of hydrogen-bond donors (Lipinski definition) is 1. The van der Waals surface area contributed by atoms with E-state index in [2.05, 4.69) is 16.8 Å². The van der Waals surface area contributed by atoms with Crippen molar-refractivity contribution in [3.8, 4) is 11.8 Å². The number of aromatic nitrogens is 2. The Kier molecular flexibility index (Phi) is 2.83. The second-order valence-corrected chi connectivity index (χ2v) is 2.60. The van der Waals surface area contributed by atoms with Crippen molar-refractivity contribution in [2.24, 2.45) is 0 Å². The minimum absolute atomic E-state index is 0.228. The first-order valence-corrected chi connectivity index (χ1v) is 3.82. The van der Waals surface area contributed by atoms with Gasteiger partial charge in [0.05, 0.1) is 0 Å². The Morgan fingerprint density at radius 3 is 2.92 bits per heavy atom. The van der Waals surface area contributed by atoms with Gasteiger partial charge >= 0.3 is 0 Å². The van der Waals surface area contributed by atoms with Crippen molar-refractivity contribution < 1.29 is 9.84 Å². The van der Waals surface area contributed by atoms with Crippen LogP contribution in [0, 0.1) is 30.9 Å². The smallest absolute Gasteiger partial charge is 0.224 e. The number of aliphatic hydroxyl groups excluding tert-OH is 1. The van der Waals surface area contributed by atoms with Crippen molar-refractivity contribution in [2.75, 3.05) is 6.61 Å². The molecule has 68 valence electrons. The van der Waals surface area contributed by atoms with Gasteiger partial charge in [0.25, 0.3) is 0 Å². The van der Waals surface area contributed by atoms with Crippen LogP contribution < -0.4 is 4.73 Å². The van der Waals surface area contributed by atoms with Crippen LogP contribution >= 0.6 is 0 Å². The zero-order valence-electron chi connectivity index (χ0n) is 7.53. The molecule has 0 saturated heterocycles. The zero-order chi connectivity index (χ0) is 9.84. The quantitative estimate of drug-likeness (QED) is 0.336. The van der Waals surface area contributed by atoms with E-state index in [-0.39, 0.29) is 6.61 Å². The molecule has 0 bridgehead atoms. The van der Waals surface area contributed by atoms with Crippen molar-refractivity contribution in [1.82, 2.24) is 4.98 Å². The predicted octanol–water partition coefficient (Wildman–Crippen LogP) is -0.324. The minimum Gasteiger partial charge on any atom is -0.618 e. The molecule has 0 fully saturated rings. The highest BCUT2D eigenvalue weighted by atomic mass is 16.5. The van der Waals surface area contributed by atoms with Gasteiger partial charge in [0.2, 0.25) is 11.9 Å². The maximum Gasteiger partial charge on any atom is 0.224 e. The summed E-state index contributed by atoms with van der Waals surface area (Å²) in [7, 11) is 0. The molecule has 0 spiro atoms. The molecule has 0 saturated carbocycles. The molecule has 1 rings (SSSR count). The van der Waals surface area contributed by atoms with Crippen LogP contribution in [0.2, 0.25) is 0 Å². The molecule has 1 N–H and O–H groups in total. The van der Waals surface area contributed by atoms with Gasteiger partial charge in [0, 0.05) is 6.92 Å². The predicted molar refractivity (Wildman–Crippen MR) is 46.6 cm³/mol. The number of rotatable bonds is 0. The van der Waals surface area contributed by atoms with E-state index >= 15 is 0 Å². The highest BCUT2D eigenvalue weighted by Crippen LogP contribution is 1.97. The first kappa shape index (κ1) is 9.49. The third-order valence-corrected chi connectivity index (χ3v) is 1.55. The fourth-order valence-corrected chi connectivity index (χ4v) is 0.899. The lowest BCUT2D eigenvalue weighted by Gasteiger charge is -2.01. The average molecular weight is 178 g/mol. The van der Waals surface area contributed by atoms with Crippen LogP contribution in [0.25, 0.3) is 0 Å². The summed E-state index contributed by atoms with van der Waals surface area (Å²) < 4.78 is 0.726. The molecule has 4 nitrogen and oxygen atoms in total. The molecule has 13 heavy (non-hydrogen) atoms. The van der Waals surface area contributed by atoms with Gasteiger partial charge in [-0.3, -0.25) is 0 Å². The Balaban J connectivity index is 3.20. The zero-order valence-corrected chi connectivity index (χ0v) is 7.53. The third kappa shape index (κ3) is 2.17. The summed E-state index contributed by atoms with van der Waals surface area (Å²) in [4.78, 5) is 4.07. The topological polar surface area (TPSA) is 60.1 Å². The SMILES string of the molecule is Cc1c[n+]([O-])c(C)c(C#CCO)n1. The normalized spacial score (nSPS) is 9.15. The van der Waals surface area contributed by atoms with Gasteiger partial charge in [0.1, 0.15) is 12.3 Å². The van der Waals surface area contributed by atoms with Gasteiger partial charge in [0.15, 0.2) is 5.69 Å². The second kappa shape index (κ2) is 3.87. The lowest BCUT2D eigenvalue weighted by Crippen LogP contribution is -2.31. The summed E-state index contributed by atoms with van der Waals surface area (Å²) >= 11 is 0. The van der Waals surface area contributed by atoms with Crippen molar-refractivity contribution in [1.29, 1.82) is 0 Å². The van der Waals surface area contributed by atoms with Crippen LogP contribution in [0.4, 0.5) is 0 Å². The highest BCUT2D eigenvalue weighted by Gasteiger charge is 2.07. The van der Waals surface area contributed by atoms with Crippen LogP contribution in [0.1, 0.15) is 17.1 Å². The molecule has 0 atom stereocenters. The van der Waals surface area contributed by atoms with Gasteiger partial charge < -0.3 is 10.3 Å². The monoisotopic (exact) mass is 178 g/mol. The summed E-state index contributed by atoms with van der Waals surface area (Å²) in [6, 6.07) is 0. The van der Waals surface area contributed by atoms with E-state index in [1.54, 1.807) is 13.8 Å². The van der Waals surface area contributed by atoms with Crippen LogP contribution in [0.15, 0.2) is 6.20 Å². The Bertz CT molecular complexity index is 377. The Morgan fingerprint density at radius 1 is 1.62 bits per heavy atom. The van der Waals surface area contributed by atoms with Crippen molar-refractivity contribution in [3.63, 3.8) is 0 Å². The summed E-state index contributed by atoms with van der Waals surface area (Å²) in [5.41, 5.74) is 1.48. The number of aliphatic hydroxyl groups is 1. The highest BCUT2D eigenvalue weighted by molar-refractivity contribution is 5.29. The standard InChI is InChI=1S/C9H10N2O2/c1-7-6-11(13)8(2)9(10-7)4-3-5-12/h6,12H,5H2,1-2H3. The van der Waals surface area contributed by atoms with Crippen LogP contribution in [-0.4, -0.2) is 16.7 Å². The van der Waals surface area contributed by atoms with Gasteiger partial charge in [-0.15, -0.1) is 0 Å². The van der Waals surface area contributed by atoms with E-state index in [9.17, 15) is 5.21 Å². The van der Waals surface area contributed by atoms with Crippen molar-refractivity contribution in [3.05, 3.63) is 28.5 Å². The minimum atomic E-state index is -0.228. The number of hydrogen-bond acceptors (Lipinski definition) is 3. The Morgan fingerprint density at radius 2 is 2.31 bits per heavy atom. The molecule has 0 aromatic carbocycles. The maximum atomic E-state index is 11.2. The molecular formula is C9H10N2O2. The van der Waals surface area contributed by atoms with E-state index in [1.165, 1.54) is 6.20 Å². The average Bonchev–Trinajstić information content (AvgIpc) is 2.09. The Labute approximate surface area is 76.4 Å². The molecule has 1 heterocycles. The van der Waals surface area contributed by atoms with Gasteiger partial charge in [-0.2, -0.15) is 4.73 Å². The van der Waals surface area contributed by atoms with Gasteiger partial charge in [-0.05, 0) is 12.8 Å². The molecule has 0 amide bonds. The summed E-state index contributed by atoms with van der Waals surface area (Å²) in [5.74, 6) is 5.06. The van der Waals surface area contributed by atoms with Crippen LogP contribution in [0.3, 0.4) is 0 Å². The molecule has 0 aliphatic rings. The number of nitrogens with zero attached hydrogens (tertiary/aromatic N) is 2. The van der Waals surface area contributed by atoms with Crippen molar-refractivity contribution >= 4 is 0 Å². The molecule has 0 aliphatic heterocycles. The van der Waals surface area contributed by atoms with E-state index in [0.29, 0.717) is 17.1 Å². The van der Waals surface area contributed by atoms with E-state index in [0.717, 1.165) is 4.73 Å². The molecule has 0 radical (unpaired) electrons. The lowest BCUT2D eigenvalue weighted by molar-refractivity contribution is -0.613. The summed E-state index contributed by atoms with van der Waals surface area (Å²) in [6.07, 6.45) is 1.39. The number of aryl methyl sites for hydroxylation is 1. The summed E-state index contributed by atoms with van der Waals surface area (Å²) in [5, 5.41) is 19.6. The van der Waals surface area contributed by atoms with Gasteiger partial charge in [-0.1, -0.05) is 5.92 Å². The lowest BCUT2D eigenvalue weighted by atomic mass is 10.3. The van der Waals surface area contributed by atoms with Gasteiger partial charge in [-0.25, -0.2) is 4.98 Å². The third-order valence-electron chi connectivity index (χ3n) is 1.55. The van der Waals surface area contributed by atoms with E-state index in [4.69, 9.17) is 5.11 Å². The van der Waals surface area contributed by atoms with Crippen LogP contribution in [0.5, 0.6) is 0 Å². The van der Waals surface area contributed by atoms with E-state index in [1.807, 2.05) is 0 Å². The molecule has 1 aromatic heterocycles. The first-order valence-electron chi connectivity index (χ1n) is 3.82. The molecule has 1 aromatic rings. The van der Waals surface area contributed by atoms with E-state index < -0.39 is 0 Å². The maximum absolute atomic E-state index is 11.2. The largest absolute Gasteiger partial charge is 0.618 e. The summed E-state index contributed by atoms with van der Waals surface area (Å²) in [6.45, 7) is 3.13.